The van der Waals surface area contributed by atoms with Crippen LogP contribution in [0.5, 0.6) is 0 Å². The third-order valence-corrected chi connectivity index (χ3v) is 5.38. The van der Waals surface area contributed by atoms with E-state index in [0.29, 0.717) is 6.42 Å². The van der Waals surface area contributed by atoms with Gasteiger partial charge in [-0.2, -0.15) is 0 Å². The Hall–Kier alpha value is -2.74. The third-order valence-electron chi connectivity index (χ3n) is 5.38. The van der Waals surface area contributed by atoms with Crippen molar-refractivity contribution in [3.05, 3.63) is 35.9 Å². The molecule has 0 bridgehead atoms. The Kier molecular flexibility index (Phi) is 11.6. The zero-order chi connectivity index (χ0) is 24.3. The maximum Gasteiger partial charge on any atom is 0.243 e. The summed E-state index contributed by atoms with van der Waals surface area (Å²) >= 11 is 0. The molecular weight excluding hydrogens is 408 g/mol. The van der Waals surface area contributed by atoms with Crippen LogP contribution in [-0.2, 0) is 25.6 Å². The van der Waals surface area contributed by atoms with Crippen molar-refractivity contribution in [3.8, 4) is 0 Å². The van der Waals surface area contributed by atoms with Crippen molar-refractivity contribution in [1.82, 2.24) is 16.0 Å². The van der Waals surface area contributed by atoms with E-state index in [1.807, 2.05) is 58.0 Å². The molecule has 5 atom stereocenters. The van der Waals surface area contributed by atoms with Crippen LogP contribution >= 0.6 is 0 Å². The first-order chi connectivity index (χ1) is 15.1. The summed E-state index contributed by atoms with van der Waals surface area (Å²) in [5.74, 6) is -1.25. The smallest absolute Gasteiger partial charge is 0.243 e. The fourth-order valence-corrected chi connectivity index (χ4v) is 3.17. The van der Waals surface area contributed by atoms with E-state index in [4.69, 9.17) is 5.73 Å². The lowest BCUT2D eigenvalue weighted by Gasteiger charge is -2.26. The predicted molar refractivity (Wildman–Crippen MR) is 125 cm³/mol. The second-order valence-corrected chi connectivity index (χ2v) is 8.79. The molecule has 0 radical (unpaired) electrons. The van der Waals surface area contributed by atoms with E-state index >= 15 is 0 Å². The summed E-state index contributed by atoms with van der Waals surface area (Å²) in [7, 11) is 0. The number of nitrogens with one attached hydrogen (secondary N) is 3. The molecule has 5 N–H and O–H groups in total. The number of carbonyl (C=O) groups is 4. The van der Waals surface area contributed by atoms with Gasteiger partial charge in [-0.1, -0.05) is 64.4 Å². The molecular formula is C24H38N4O4. The molecule has 0 heterocycles. The van der Waals surface area contributed by atoms with Crippen molar-refractivity contribution in [2.45, 2.75) is 78.0 Å². The fraction of sp³-hybridized carbons (Fsp3) is 0.583. The molecule has 3 amide bonds. The summed E-state index contributed by atoms with van der Waals surface area (Å²) in [6, 6.07) is 6.16. The van der Waals surface area contributed by atoms with Crippen LogP contribution in [-0.4, -0.2) is 48.2 Å². The highest BCUT2D eigenvalue weighted by atomic mass is 16.2. The van der Waals surface area contributed by atoms with E-state index in [-0.39, 0.29) is 18.3 Å². The molecule has 1 aromatic carbocycles. The highest BCUT2D eigenvalue weighted by molar-refractivity contribution is 5.93. The Bertz CT molecular complexity index is 752. The summed E-state index contributed by atoms with van der Waals surface area (Å²) in [4.78, 5) is 49.7. The van der Waals surface area contributed by atoms with Gasteiger partial charge in [-0.3, -0.25) is 14.4 Å². The maximum atomic E-state index is 13.1. The van der Waals surface area contributed by atoms with Gasteiger partial charge >= 0.3 is 0 Å². The standard InChI is InChI=1S/C24H38N4O4/c1-6-16(4)21(14-29)28-24(32)20(13-18-10-8-7-9-11-18)27-23(31)19(12-15(2)3)26-22(30)17(5)25/h7-11,14-17,19-21H,6,12-13,25H2,1-5H3,(H,26,30)(H,27,31)(H,28,32)/t16-,17-,19-,20-,21+/m0/s1. The average molecular weight is 447 g/mol. The molecule has 0 saturated carbocycles. The molecule has 0 saturated heterocycles. The third kappa shape index (κ3) is 9.18. The van der Waals surface area contributed by atoms with Crippen molar-refractivity contribution < 1.29 is 19.2 Å². The topological polar surface area (TPSA) is 130 Å². The van der Waals surface area contributed by atoms with E-state index in [9.17, 15) is 19.2 Å². The number of hydrogen-bond donors (Lipinski definition) is 4. The van der Waals surface area contributed by atoms with Crippen molar-refractivity contribution in [2.24, 2.45) is 17.6 Å². The first-order valence-electron chi connectivity index (χ1n) is 11.2. The van der Waals surface area contributed by atoms with Gasteiger partial charge in [-0.25, -0.2) is 0 Å². The number of aldehydes is 1. The van der Waals surface area contributed by atoms with Gasteiger partial charge in [0.25, 0.3) is 0 Å². The SMILES string of the molecule is CC[C@H](C)[C@@H](C=O)NC(=O)[C@H](Cc1ccccc1)NC(=O)[C@H](CC(C)C)NC(=O)[C@H](C)N. The predicted octanol–water partition coefficient (Wildman–Crippen LogP) is 1.32. The first kappa shape index (κ1) is 27.3. The Morgan fingerprint density at radius 2 is 1.47 bits per heavy atom. The minimum Gasteiger partial charge on any atom is -0.345 e. The van der Waals surface area contributed by atoms with Gasteiger partial charge in [0, 0.05) is 6.42 Å². The zero-order valence-corrected chi connectivity index (χ0v) is 19.8. The Labute approximate surface area is 191 Å². The lowest BCUT2D eigenvalue weighted by Crippen LogP contribution is -2.57. The number of carbonyl (C=O) groups excluding carboxylic acids is 4. The molecule has 8 heteroatoms. The normalized spacial score (nSPS) is 15.7. The van der Waals surface area contributed by atoms with Crippen molar-refractivity contribution in [2.75, 3.05) is 0 Å². The number of benzene rings is 1. The molecule has 0 aliphatic heterocycles. The van der Waals surface area contributed by atoms with Gasteiger partial charge in [0.15, 0.2) is 0 Å². The van der Waals surface area contributed by atoms with E-state index in [1.165, 1.54) is 0 Å². The van der Waals surface area contributed by atoms with E-state index < -0.39 is 41.9 Å². The van der Waals surface area contributed by atoms with Crippen LogP contribution in [0.25, 0.3) is 0 Å². The van der Waals surface area contributed by atoms with Gasteiger partial charge < -0.3 is 26.5 Å². The van der Waals surface area contributed by atoms with Crippen LogP contribution in [0.4, 0.5) is 0 Å². The van der Waals surface area contributed by atoms with Gasteiger partial charge in [0.2, 0.25) is 17.7 Å². The zero-order valence-electron chi connectivity index (χ0n) is 19.8. The summed E-state index contributed by atoms with van der Waals surface area (Å²) in [5.41, 5.74) is 6.50. The van der Waals surface area contributed by atoms with Gasteiger partial charge in [-0.05, 0) is 30.7 Å². The summed E-state index contributed by atoms with van der Waals surface area (Å²) in [6.45, 7) is 9.24. The number of hydrogen-bond acceptors (Lipinski definition) is 5. The van der Waals surface area contributed by atoms with Gasteiger partial charge in [0.1, 0.15) is 18.4 Å². The molecule has 0 aliphatic rings. The quantitative estimate of drug-likeness (QED) is 0.340. The molecule has 1 rings (SSSR count). The highest BCUT2D eigenvalue weighted by Gasteiger charge is 2.29. The molecule has 0 spiro atoms. The summed E-state index contributed by atoms with van der Waals surface area (Å²) in [5, 5.41) is 8.20. The van der Waals surface area contributed by atoms with Crippen LogP contribution in [0, 0.1) is 11.8 Å². The molecule has 0 fully saturated rings. The maximum absolute atomic E-state index is 13.1. The minimum atomic E-state index is -0.904. The van der Waals surface area contributed by atoms with Gasteiger partial charge in [0.05, 0.1) is 12.1 Å². The average Bonchev–Trinajstić information content (AvgIpc) is 2.75. The first-order valence-corrected chi connectivity index (χ1v) is 11.2. The van der Waals surface area contributed by atoms with Crippen LogP contribution < -0.4 is 21.7 Å². The number of amides is 3. The van der Waals surface area contributed by atoms with Crippen LogP contribution in [0.2, 0.25) is 0 Å². The largest absolute Gasteiger partial charge is 0.345 e. The molecule has 0 aromatic heterocycles. The highest BCUT2D eigenvalue weighted by Crippen LogP contribution is 2.10. The van der Waals surface area contributed by atoms with Crippen LogP contribution in [0.3, 0.4) is 0 Å². The number of nitrogens with two attached hydrogens (primary N) is 1. The summed E-state index contributed by atoms with van der Waals surface area (Å²) < 4.78 is 0. The van der Waals surface area contributed by atoms with E-state index in [2.05, 4.69) is 16.0 Å². The van der Waals surface area contributed by atoms with Crippen LogP contribution in [0.1, 0.15) is 53.0 Å². The monoisotopic (exact) mass is 446 g/mol. The van der Waals surface area contributed by atoms with Crippen molar-refractivity contribution in [1.29, 1.82) is 0 Å². The van der Waals surface area contributed by atoms with Crippen LogP contribution in [0.15, 0.2) is 30.3 Å². The lowest BCUT2D eigenvalue weighted by molar-refractivity contribution is -0.133. The Morgan fingerprint density at radius 3 is 1.97 bits per heavy atom. The molecule has 8 nitrogen and oxygen atoms in total. The Balaban J connectivity index is 3.08. The molecule has 178 valence electrons. The van der Waals surface area contributed by atoms with Crippen molar-refractivity contribution in [3.63, 3.8) is 0 Å². The van der Waals surface area contributed by atoms with E-state index in [0.717, 1.165) is 18.3 Å². The van der Waals surface area contributed by atoms with E-state index in [1.54, 1.807) is 6.92 Å². The number of rotatable bonds is 13. The second kappa shape index (κ2) is 13.6. The van der Waals surface area contributed by atoms with Crippen molar-refractivity contribution >= 4 is 24.0 Å². The minimum absolute atomic E-state index is 0.0384. The molecule has 0 unspecified atom stereocenters. The molecule has 1 aromatic rings. The van der Waals surface area contributed by atoms with Gasteiger partial charge in [-0.15, -0.1) is 0 Å². The fourth-order valence-electron chi connectivity index (χ4n) is 3.17. The molecule has 32 heavy (non-hydrogen) atoms. The molecule has 0 aliphatic carbocycles. The second-order valence-electron chi connectivity index (χ2n) is 8.79. The Morgan fingerprint density at radius 1 is 0.906 bits per heavy atom. The summed E-state index contributed by atoms with van der Waals surface area (Å²) in [6.07, 6.45) is 2.09. The lowest BCUT2D eigenvalue weighted by atomic mass is 9.98.